The Morgan fingerprint density at radius 1 is 1.22 bits per heavy atom. The van der Waals surface area contributed by atoms with Crippen LogP contribution >= 0.6 is 0 Å². The molecule has 18 heavy (non-hydrogen) atoms. The van der Waals surface area contributed by atoms with E-state index >= 15 is 0 Å². The maximum Gasteiger partial charge on any atom is 0.175 e. The first kappa shape index (κ1) is 13.4. The fourth-order valence-corrected chi connectivity index (χ4v) is 3.20. The normalized spacial score (nSPS) is 24.2. The van der Waals surface area contributed by atoms with Crippen LogP contribution in [-0.2, 0) is 9.84 Å². The Balaban J connectivity index is 2.19. The molecule has 0 aliphatic heterocycles. The van der Waals surface area contributed by atoms with Crippen LogP contribution in [0.5, 0.6) is 0 Å². The largest absolute Gasteiger partial charge is 0.370 e. The predicted molar refractivity (Wildman–Crippen MR) is 73.6 cm³/mol. The van der Waals surface area contributed by atoms with Crippen LogP contribution in [0, 0.1) is 0 Å². The fraction of sp³-hybridized carbons (Fsp3) is 0.538. The average Bonchev–Trinajstić information content (AvgIpc) is 2.73. The van der Waals surface area contributed by atoms with Crippen molar-refractivity contribution in [1.29, 1.82) is 0 Å². The van der Waals surface area contributed by atoms with Crippen molar-refractivity contribution in [1.82, 2.24) is 0 Å². The first-order valence-electron chi connectivity index (χ1n) is 6.18. The number of sulfone groups is 1. The highest BCUT2D eigenvalue weighted by Gasteiger charge is 2.27. The number of nitrogens with two attached hydrogens (primary N) is 1. The highest BCUT2D eigenvalue weighted by molar-refractivity contribution is 7.90. The Hall–Kier alpha value is -1.07. The molecule has 0 spiro atoms. The van der Waals surface area contributed by atoms with Crippen molar-refractivity contribution in [2.75, 3.05) is 18.2 Å². The van der Waals surface area contributed by atoms with Gasteiger partial charge in [-0.2, -0.15) is 0 Å². The van der Waals surface area contributed by atoms with Gasteiger partial charge in [-0.25, -0.2) is 8.42 Å². The predicted octanol–water partition coefficient (Wildman–Crippen LogP) is 1.41. The number of benzene rings is 1. The van der Waals surface area contributed by atoms with E-state index in [2.05, 4.69) is 4.90 Å². The van der Waals surface area contributed by atoms with Gasteiger partial charge in [-0.15, -0.1) is 0 Å². The lowest BCUT2D eigenvalue weighted by molar-refractivity contribution is 0.572. The van der Waals surface area contributed by atoms with E-state index in [-0.39, 0.29) is 6.04 Å². The van der Waals surface area contributed by atoms with Crippen molar-refractivity contribution in [3.8, 4) is 0 Å². The highest BCUT2D eigenvalue weighted by Crippen LogP contribution is 2.27. The number of nitrogens with zero attached hydrogens (tertiary/aromatic N) is 1. The molecule has 2 rings (SSSR count). The average molecular weight is 268 g/mol. The third-order valence-electron chi connectivity index (χ3n) is 3.70. The van der Waals surface area contributed by atoms with Gasteiger partial charge in [-0.3, -0.25) is 0 Å². The molecule has 0 radical (unpaired) electrons. The molecule has 1 aromatic rings. The second kappa shape index (κ2) is 4.90. The summed E-state index contributed by atoms with van der Waals surface area (Å²) < 4.78 is 22.8. The van der Waals surface area contributed by atoms with Crippen LogP contribution in [-0.4, -0.2) is 33.8 Å². The summed E-state index contributed by atoms with van der Waals surface area (Å²) in [4.78, 5) is 2.51. The van der Waals surface area contributed by atoms with Crippen molar-refractivity contribution in [2.24, 2.45) is 5.73 Å². The quantitative estimate of drug-likeness (QED) is 0.900. The molecule has 100 valence electrons. The Labute approximate surface area is 109 Å². The summed E-state index contributed by atoms with van der Waals surface area (Å²) in [5.41, 5.74) is 7.10. The molecule has 1 aromatic carbocycles. The zero-order chi connectivity index (χ0) is 13.3. The van der Waals surface area contributed by atoms with Gasteiger partial charge in [0.1, 0.15) is 0 Å². The van der Waals surface area contributed by atoms with Crippen molar-refractivity contribution in [3.63, 3.8) is 0 Å². The zero-order valence-electron chi connectivity index (χ0n) is 10.8. The summed E-state index contributed by atoms with van der Waals surface area (Å²) in [6.07, 6.45) is 4.55. The van der Waals surface area contributed by atoms with Crippen molar-refractivity contribution >= 4 is 15.5 Å². The Morgan fingerprint density at radius 2 is 1.83 bits per heavy atom. The van der Waals surface area contributed by atoms with Gasteiger partial charge in [0.15, 0.2) is 9.84 Å². The van der Waals surface area contributed by atoms with Gasteiger partial charge < -0.3 is 10.6 Å². The molecular weight excluding hydrogens is 248 g/mol. The van der Waals surface area contributed by atoms with Gasteiger partial charge >= 0.3 is 0 Å². The summed E-state index contributed by atoms with van der Waals surface area (Å²) in [5.74, 6) is 0. The topological polar surface area (TPSA) is 63.4 Å². The first-order chi connectivity index (χ1) is 8.39. The molecule has 2 N–H and O–H groups in total. The number of likely N-dealkylation sites (N-methyl/N-ethyl adjacent to an activating group) is 1. The highest BCUT2D eigenvalue weighted by atomic mass is 32.2. The molecule has 0 saturated heterocycles. The molecule has 5 heteroatoms. The lowest BCUT2D eigenvalue weighted by Gasteiger charge is -2.29. The first-order valence-corrected chi connectivity index (χ1v) is 8.07. The van der Waals surface area contributed by atoms with Gasteiger partial charge in [-0.1, -0.05) is 0 Å². The molecule has 1 aliphatic rings. The second-order valence-electron chi connectivity index (χ2n) is 5.04. The van der Waals surface area contributed by atoms with Crippen molar-refractivity contribution < 1.29 is 8.42 Å². The van der Waals surface area contributed by atoms with Gasteiger partial charge in [0, 0.05) is 31.1 Å². The van der Waals surface area contributed by atoms with E-state index in [0.29, 0.717) is 10.9 Å². The third kappa shape index (κ3) is 2.67. The van der Waals surface area contributed by atoms with Gasteiger partial charge in [0.25, 0.3) is 0 Å². The number of rotatable bonds is 3. The Bertz CT molecular complexity index is 510. The molecular formula is C13H20N2O2S. The van der Waals surface area contributed by atoms with Crippen LogP contribution in [0.15, 0.2) is 29.2 Å². The van der Waals surface area contributed by atoms with Gasteiger partial charge in [-0.05, 0) is 43.5 Å². The number of hydrogen-bond donors (Lipinski definition) is 1. The van der Waals surface area contributed by atoms with Crippen LogP contribution in [0.1, 0.15) is 19.3 Å². The molecule has 1 aliphatic carbocycles. The monoisotopic (exact) mass is 268 g/mol. The third-order valence-corrected chi connectivity index (χ3v) is 4.83. The molecule has 2 unspecified atom stereocenters. The molecule has 0 amide bonds. The molecule has 1 saturated carbocycles. The molecule has 0 aromatic heterocycles. The number of hydrogen-bond acceptors (Lipinski definition) is 4. The maximum absolute atomic E-state index is 11.4. The van der Waals surface area contributed by atoms with Crippen LogP contribution in [0.3, 0.4) is 0 Å². The molecule has 1 fully saturated rings. The van der Waals surface area contributed by atoms with E-state index in [1.165, 1.54) is 6.26 Å². The molecule has 0 heterocycles. The minimum Gasteiger partial charge on any atom is -0.370 e. The van der Waals surface area contributed by atoms with Crippen LogP contribution < -0.4 is 10.6 Å². The van der Waals surface area contributed by atoms with E-state index in [1.807, 2.05) is 19.2 Å². The van der Waals surface area contributed by atoms with E-state index in [1.54, 1.807) is 12.1 Å². The lowest BCUT2D eigenvalue weighted by Crippen LogP contribution is -2.42. The Kier molecular flexibility index (Phi) is 3.64. The standard InChI is InChI=1S/C13H20N2O2S/c1-15(13-5-3-4-12(13)14)10-6-8-11(9-7-10)18(2,16)17/h6-9,12-13H,3-5,14H2,1-2H3. The van der Waals surface area contributed by atoms with Crippen LogP contribution in [0.25, 0.3) is 0 Å². The zero-order valence-corrected chi connectivity index (χ0v) is 11.7. The van der Waals surface area contributed by atoms with Gasteiger partial charge in [0.2, 0.25) is 0 Å². The Morgan fingerprint density at radius 3 is 2.28 bits per heavy atom. The molecule has 2 atom stereocenters. The SMILES string of the molecule is CN(c1ccc(S(C)(=O)=O)cc1)C1CCCC1N. The van der Waals surface area contributed by atoms with Crippen molar-refractivity contribution in [2.45, 2.75) is 36.2 Å². The second-order valence-corrected chi connectivity index (χ2v) is 7.05. The molecule has 4 nitrogen and oxygen atoms in total. The smallest absolute Gasteiger partial charge is 0.175 e. The minimum absolute atomic E-state index is 0.213. The van der Waals surface area contributed by atoms with E-state index in [4.69, 9.17) is 5.73 Å². The lowest BCUT2D eigenvalue weighted by atomic mass is 10.1. The van der Waals surface area contributed by atoms with Crippen LogP contribution in [0.4, 0.5) is 5.69 Å². The fourth-order valence-electron chi connectivity index (χ4n) is 2.57. The summed E-state index contributed by atoms with van der Waals surface area (Å²) in [7, 11) is -1.10. The van der Waals surface area contributed by atoms with Crippen molar-refractivity contribution in [3.05, 3.63) is 24.3 Å². The maximum atomic E-state index is 11.4. The summed E-state index contributed by atoms with van der Waals surface area (Å²) in [6, 6.07) is 7.57. The summed E-state index contributed by atoms with van der Waals surface area (Å²) in [6.45, 7) is 0. The number of anilines is 1. The molecule has 0 bridgehead atoms. The minimum atomic E-state index is -3.12. The van der Waals surface area contributed by atoms with Gasteiger partial charge in [0.05, 0.1) is 4.90 Å². The van der Waals surface area contributed by atoms with Crippen LogP contribution in [0.2, 0.25) is 0 Å². The summed E-state index contributed by atoms with van der Waals surface area (Å²) in [5, 5.41) is 0. The van der Waals surface area contributed by atoms with E-state index in [0.717, 1.165) is 24.9 Å². The summed E-state index contributed by atoms with van der Waals surface area (Å²) >= 11 is 0. The van der Waals surface area contributed by atoms with E-state index < -0.39 is 9.84 Å². The van der Waals surface area contributed by atoms with E-state index in [9.17, 15) is 8.42 Å².